The topological polar surface area (TPSA) is 58.7 Å². The van der Waals surface area contributed by atoms with Crippen molar-refractivity contribution >= 4 is 0 Å². The van der Waals surface area contributed by atoms with E-state index >= 15 is 0 Å². The molecule has 2 atom stereocenters. The van der Waals surface area contributed by atoms with E-state index in [2.05, 4.69) is 11.8 Å². The predicted octanol–water partition coefficient (Wildman–Crippen LogP) is -0.973. The SMILES string of the molecule is CC(CN)N1CCOC(CO)C1. The molecule has 72 valence electrons. The van der Waals surface area contributed by atoms with Gasteiger partial charge in [-0.2, -0.15) is 0 Å². The second-order valence-corrected chi connectivity index (χ2v) is 3.26. The lowest BCUT2D eigenvalue weighted by Gasteiger charge is -2.35. The Kier molecular flexibility index (Phi) is 3.94. The van der Waals surface area contributed by atoms with E-state index in [4.69, 9.17) is 15.6 Å². The highest BCUT2D eigenvalue weighted by Gasteiger charge is 2.22. The summed E-state index contributed by atoms with van der Waals surface area (Å²) in [6.45, 7) is 5.30. The van der Waals surface area contributed by atoms with Crippen molar-refractivity contribution in [3.8, 4) is 0 Å². The van der Waals surface area contributed by atoms with Gasteiger partial charge in [-0.05, 0) is 6.92 Å². The maximum absolute atomic E-state index is 8.88. The first-order valence-electron chi connectivity index (χ1n) is 4.44. The van der Waals surface area contributed by atoms with Gasteiger partial charge >= 0.3 is 0 Å². The molecule has 0 radical (unpaired) electrons. The third-order valence-electron chi connectivity index (χ3n) is 2.34. The Morgan fingerprint density at radius 3 is 3.08 bits per heavy atom. The average Bonchev–Trinajstić information content (AvgIpc) is 2.17. The van der Waals surface area contributed by atoms with Crippen LogP contribution in [0.2, 0.25) is 0 Å². The van der Waals surface area contributed by atoms with Gasteiger partial charge in [0.1, 0.15) is 0 Å². The molecule has 4 heteroatoms. The summed E-state index contributed by atoms with van der Waals surface area (Å²) in [5.41, 5.74) is 5.54. The van der Waals surface area contributed by atoms with Gasteiger partial charge in [-0.3, -0.25) is 4.90 Å². The number of rotatable bonds is 3. The molecule has 0 aromatic rings. The molecule has 0 saturated carbocycles. The maximum atomic E-state index is 8.88. The van der Waals surface area contributed by atoms with Crippen LogP contribution in [0.5, 0.6) is 0 Å². The van der Waals surface area contributed by atoms with Gasteiger partial charge in [-0.1, -0.05) is 0 Å². The predicted molar refractivity (Wildman–Crippen MR) is 46.9 cm³/mol. The van der Waals surface area contributed by atoms with E-state index in [1.54, 1.807) is 0 Å². The number of ether oxygens (including phenoxy) is 1. The van der Waals surface area contributed by atoms with Crippen LogP contribution in [0.25, 0.3) is 0 Å². The fraction of sp³-hybridized carbons (Fsp3) is 1.00. The van der Waals surface area contributed by atoms with Crippen LogP contribution in [0.1, 0.15) is 6.92 Å². The van der Waals surface area contributed by atoms with E-state index < -0.39 is 0 Å². The monoisotopic (exact) mass is 174 g/mol. The van der Waals surface area contributed by atoms with Crippen molar-refractivity contribution in [3.63, 3.8) is 0 Å². The van der Waals surface area contributed by atoms with Crippen molar-refractivity contribution in [2.45, 2.75) is 19.1 Å². The normalized spacial score (nSPS) is 28.8. The number of aliphatic hydroxyl groups excluding tert-OH is 1. The van der Waals surface area contributed by atoms with Crippen molar-refractivity contribution in [2.24, 2.45) is 5.73 Å². The van der Waals surface area contributed by atoms with Gasteiger partial charge in [0, 0.05) is 25.7 Å². The summed E-state index contributed by atoms with van der Waals surface area (Å²) in [6, 6.07) is 0.392. The van der Waals surface area contributed by atoms with Crippen molar-refractivity contribution < 1.29 is 9.84 Å². The number of aliphatic hydroxyl groups is 1. The third-order valence-corrected chi connectivity index (χ3v) is 2.34. The Balaban J connectivity index is 2.34. The molecule has 0 spiro atoms. The molecule has 3 N–H and O–H groups in total. The van der Waals surface area contributed by atoms with Crippen molar-refractivity contribution in [3.05, 3.63) is 0 Å². The molecule has 12 heavy (non-hydrogen) atoms. The highest BCUT2D eigenvalue weighted by Crippen LogP contribution is 2.07. The number of nitrogens with zero attached hydrogens (tertiary/aromatic N) is 1. The van der Waals surface area contributed by atoms with Crippen LogP contribution in [-0.2, 0) is 4.74 Å². The molecule has 0 aromatic carbocycles. The van der Waals surface area contributed by atoms with Gasteiger partial charge in [0.25, 0.3) is 0 Å². The molecular formula is C8H18N2O2. The molecule has 1 heterocycles. The highest BCUT2D eigenvalue weighted by atomic mass is 16.5. The van der Waals surface area contributed by atoms with E-state index in [0.717, 1.165) is 13.1 Å². The molecule has 1 fully saturated rings. The third kappa shape index (κ3) is 2.42. The van der Waals surface area contributed by atoms with Gasteiger partial charge in [0.15, 0.2) is 0 Å². The highest BCUT2D eigenvalue weighted by molar-refractivity contribution is 4.75. The molecule has 1 saturated heterocycles. The molecule has 1 aliphatic rings. The zero-order chi connectivity index (χ0) is 8.97. The number of hydrogen-bond acceptors (Lipinski definition) is 4. The molecule has 4 nitrogen and oxygen atoms in total. The smallest absolute Gasteiger partial charge is 0.0932 e. The van der Waals surface area contributed by atoms with Gasteiger partial charge in [-0.15, -0.1) is 0 Å². The zero-order valence-electron chi connectivity index (χ0n) is 7.57. The Morgan fingerprint density at radius 1 is 1.75 bits per heavy atom. The van der Waals surface area contributed by atoms with Crippen LogP contribution in [0, 0.1) is 0 Å². The van der Waals surface area contributed by atoms with Crippen LogP contribution >= 0.6 is 0 Å². The number of morpholine rings is 1. The second kappa shape index (κ2) is 4.77. The fourth-order valence-corrected chi connectivity index (χ4v) is 1.40. The lowest BCUT2D eigenvalue weighted by molar-refractivity contribution is -0.0617. The summed E-state index contributed by atoms with van der Waals surface area (Å²) in [5.74, 6) is 0. The van der Waals surface area contributed by atoms with Crippen LogP contribution in [0.3, 0.4) is 0 Å². The second-order valence-electron chi connectivity index (χ2n) is 3.26. The number of nitrogens with two attached hydrogens (primary N) is 1. The molecule has 2 unspecified atom stereocenters. The van der Waals surface area contributed by atoms with E-state index in [0.29, 0.717) is 19.2 Å². The first kappa shape index (κ1) is 9.92. The fourth-order valence-electron chi connectivity index (χ4n) is 1.40. The van der Waals surface area contributed by atoms with E-state index in [1.807, 2.05) is 0 Å². The lowest BCUT2D eigenvalue weighted by atomic mass is 10.2. The maximum Gasteiger partial charge on any atom is 0.0932 e. The van der Waals surface area contributed by atoms with Crippen molar-refractivity contribution in [1.29, 1.82) is 0 Å². The summed E-state index contributed by atoms with van der Waals surface area (Å²) in [4.78, 5) is 2.25. The molecule has 0 aliphatic carbocycles. The minimum atomic E-state index is -0.0206. The summed E-state index contributed by atoms with van der Waals surface area (Å²) < 4.78 is 5.32. The van der Waals surface area contributed by atoms with Crippen molar-refractivity contribution in [1.82, 2.24) is 4.90 Å². The zero-order valence-corrected chi connectivity index (χ0v) is 7.57. The first-order chi connectivity index (χ1) is 5.77. The Morgan fingerprint density at radius 2 is 2.50 bits per heavy atom. The van der Waals surface area contributed by atoms with Gasteiger partial charge in [-0.25, -0.2) is 0 Å². The molecule has 0 amide bonds. The van der Waals surface area contributed by atoms with Crippen LogP contribution < -0.4 is 5.73 Å². The van der Waals surface area contributed by atoms with Crippen molar-refractivity contribution in [2.75, 3.05) is 32.8 Å². The Bertz CT molecular complexity index is 130. The van der Waals surface area contributed by atoms with Crippen LogP contribution in [0.15, 0.2) is 0 Å². The molecular weight excluding hydrogens is 156 g/mol. The van der Waals surface area contributed by atoms with E-state index in [-0.39, 0.29) is 12.7 Å². The minimum Gasteiger partial charge on any atom is -0.394 e. The van der Waals surface area contributed by atoms with Crippen LogP contribution in [0.4, 0.5) is 0 Å². The molecule has 0 aromatic heterocycles. The minimum absolute atomic E-state index is 0.0206. The lowest BCUT2D eigenvalue weighted by Crippen LogP contribution is -2.50. The number of hydrogen-bond donors (Lipinski definition) is 2. The quantitative estimate of drug-likeness (QED) is 0.578. The Hall–Kier alpha value is -0.160. The Labute approximate surface area is 73.3 Å². The summed E-state index contributed by atoms with van der Waals surface area (Å²) in [5, 5.41) is 8.88. The summed E-state index contributed by atoms with van der Waals surface area (Å²) in [6.07, 6.45) is -0.0206. The summed E-state index contributed by atoms with van der Waals surface area (Å²) in [7, 11) is 0. The average molecular weight is 174 g/mol. The van der Waals surface area contributed by atoms with Crippen LogP contribution in [-0.4, -0.2) is 55.0 Å². The van der Waals surface area contributed by atoms with Gasteiger partial charge in [0.2, 0.25) is 0 Å². The van der Waals surface area contributed by atoms with E-state index in [9.17, 15) is 0 Å². The molecule has 1 rings (SSSR count). The summed E-state index contributed by atoms with van der Waals surface area (Å²) >= 11 is 0. The molecule has 1 aliphatic heterocycles. The van der Waals surface area contributed by atoms with E-state index in [1.165, 1.54) is 0 Å². The van der Waals surface area contributed by atoms with Gasteiger partial charge in [0.05, 0.1) is 19.3 Å². The van der Waals surface area contributed by atoms with Gasteiger partial charge < -0.3 is 15.6 Å². The molecule has 0 bridgehead atoms. The standard InChI is InChI=1S/C8H18N2O2/c1-7(4-9)10-2-3-12-8(5-10)6-11/h7-8,11H,2-6,9H2,1H3. The largest absolute Gasteiger partial charge is 0.394 e. The first-order valence-corrected chi connectivity index (χ1v) is 4.44.